The lowest BCUT2D eigenvalue weighted by Crippen LogP contribution is -2.14. The van der Waals surface area contributed by atoms with Crippen molar-refractivity contribution in [3.63, 3.8) is 0 Å². The Hall–Kier alpha value is -1.95. The van der Waals surface area contributed by atoms with Crippen molar-refractivity contribution in [2.45, 2.75) is 17.8 Å². The number of nitrogens with zero attached hydrogens (tertiary/aromatic N) is 2. The van der Waals surface area contributed by atoms with Gasteiger partial charge in [0.25, 0.3) is 0 Å². The van der Waals surface area contributed by atoms with Crippen LogP contribution >= 0.6 is 11.8 Å². The van der Waals surface area contributed by atoms with E-state index >= 15 is 0 Å². The summed E-state index contributed by atoms with van der Waals surface area (Å²) in [7, 11) is 0. The van der Waals surface area contributed by atoms with Gasteiger partial charge in [0.1, 0.15) is 11.7 Å². The molecule has 2 rings (SSSR count). The van der Waals surface area contributed by atoms with Crippen LogP contribution in [0.25, 0.3) is 0 Å². The number of nitrogens with one attached hydrogen (secondary N) is 1. The Morgan fingerprint density at radius 2 is 2.21 bits per heavy atom. The molecule has 6 heteroatoms. The monoisotopic (exact) mass is 276 g/mol. The van der Waals surface area contributed by atoms with E-state index in [4.69, 9.17) is 11.1 Å². The number of benzene rings is 1. The number of amidine groups is 1. The summed E-state index contributed by atoms with van der Waals surface area (Å²) in [5.74, 6) is -0.317. The van der Waals surface area contributed by atoms with E-state index < -0.39 is 5.82 Å². The lowest BCUT2D eigenvalue weighted by Gasteiger charge is -2.06. The highest BCUT2D eigenvalue weighted by Crippen LogP contribution is 2.22. The quantitative estimate of drug-likeness (QED) is 0.389. The Balaban J connectivity index is 2.16. The van der Waals surface area contributed by atoms with Gasteiger partial charge in [0, 0.05) is 17.6 Å². The van der Waals surface area contributed by atoms with Crippen molar-refractivity contribution in [3.8, 4) is 0 Å². The molecule has 0 fully saturated rings. The highest BCUT2D eigenvalue weighted by Gasteiger charge is 2.10. The molecule has 0 spiro atoms. The Labute approximate surface area is 114 Å². The van der Waals surface area contributed by atoms with Gasteiger partial charge >= 0.3 is 0 Å². The van der Waals surface area contributed by atoms with Gasteiger partial charge in [-0.2, -0.15) is 0 Å². The second kappa shape index (κ2) is 5.79. The molecule has 0 saturated heterocycles. The van der Waals surface area contributed by atoms with Crippen LogP contribution in [0.3, 0.4) is 0 Å². The third-order valence-corrected chi connectivity index (χ3v) is 3.41. The maximum Gasteiger partial charge on any atom is 0.188 e. The van der Waals surface area contributed by atoms with E-state index in [1.807, 2.05) is 6.92 Å². The normalized spacial score (nSPS) is 10.4. The molecule has 0 aliphatic carbocycles. The molecule has 3 N–H and O–H groups in total. The highest BCUT2D eigenvalue weighted by atomic mass is 32.2. The molecular weight excluding hydrogens is 263 g/mol. The minimum Gasteiger partial charge on any atom is -0.384 e. The lowest BCUT2D eigenvalue weighted by molar-refractivity contribution is 0.614. The van der Waals surface area contributed by atoms with Gasteiger partial charge in [0.15, 0.2) is 5.16 Å². The summed E-state index contributed by atoms with van der Waals surface area (Å²) in [5, 5.41) is 7.91. The molecule has 0 bridgehead atoms. The fraction of sp³-hybridized carbons (Fsp3) is 0.154. The van der Waals surface area contributed by atoms with Gasteiger partial charge in [0.2, 0.25) is 0 Å². The molecular formula is C13H13FN4S. The number of hydrogen-bond donors (Lipinski definition) is 2. The van der Waals surface area contributed by atoms with Gasteiger partial charge in [-0.15, -0.1) is 0 Å². The van der Waals surface area contributed by atoms with Crippen LogP contribution in [0, 0.1) is 18.2 Å². The van der Waals surface area contributed by atoms with E-state index in [1.165, 1.54) is 17.8 Å². The van der Waals surface area contributed by atoms with E-state index in [0.717, 1.165) is 5.69 Å². The zero-order valence-corrected chi connectivity index (χ0v) is 11.2. The first-order chi connectivity index (χ1) is 9.08. The molecule has 1 aromatic carbocycles. The highest BCUT2D eigenvalue weighted by molar-refractivity contribution is 7.98. The van der Waals surface area contributed by atoms with Crippen molar-refractivity contribution in [3.05, 3.63) is 53.1 Å². The van der Waals surface area contributed by atoms with Crippen molar-refractivity contribution in [2.24, 2.45) is 5.73 Å². The van der Waals surface area contributed by atoms with E-state index in [9.17, 15) is 4.39 Å². The van der Waals surface area contributed by atoms with Crippen LogP contribution in [0.15, 0.2) is 35.6 Å². The van der Waals surface area contributed by atoms with Gasteiger partial charge in [-0.25, -0.2) is 14.4 Å². The summed E-state index contributed by atoms with van der Waals surface area (Å²) in [6, 6.07) is 6.66. The number of nitrogens with two attached hydrogens (primary N) is 1. The van der Waals surface area contributed by atoms with Crippen LogP contribution in [0.4, 0.5) is 4.39 Å². The molecule has 0 aliphatic rings. The standard InChI is InChI=1S/C13H13FN4S/c1-8-5-6-17-13(18-8)19-7-9-3-2-4-10(11(9)14)12(15)16/h2-6H,7H2,1H3,(H3,15,16). The van der Waals surface area contributed by atoms with Crippen molar-refractivity contribution < 1.29 is 4.39 Å². The number of hydrogen-bond acceptors (Lipinski definition) is 4. The third-order valence-electron chi connectivity index (χ3n) is 2.50. The summed E-state index contributed by atoms with van der Waals surface area (Å²) in [4.78, 5) is 8.34. The lowest BCUT2D eigenvalue weighted by atomic mass is 10.1. The number of rotatable bonds is 4. The van der Waals surface area contributed by atoms with Crippen molar-refractivity contribution >= 4 is 17.6 Å². The molecule has 2 aromatic rings. The Morgan fingerprint density at radius 3 is 2.89 bits per heavy atom. The molecule has 98 valence electrons. The minimum absolute atomic E-state index is 0.128. The Kier molecular flexibility index (Phi) is 4.11. The topological polar surface area (TPSA) is 75.7 Å². The van der Waals surface area contributed by atoms with Gasteiger partial charge in [-0.3, -0.25) is 5.41 Å². The van der Waals surface area contributed by atoms with E-state index in [1.54, 1.807) is 24.4 Å². The average molecular weight is 276 g/mol. The molecule has 4 nitrogen and oxygen atoms in total. The molecule has 0 atom stereocenters. The predicted octanol–water partition coefficient (Wildman–Crippen LogP) is 2.50. The summed E-state index contributed by atoms with van der Waals surface area (Å²) >= 11 is 1.35. The largest absolute Gasteiger partial charge is 0.384 e. The molecule has 1 aromatic heterocycles. The summed E-state index contributed by atoms with van der Waals surface area (Å²) in [6.45, 7) is 1.88. The van der Waals surface area contributed by atoms with Crippen molar-refractivity contribution in [1.82, 2.24) is 9.97 Å². The van der Waals surface area contributed by atoms with Crippen LogP contribution < -0.4 is 5.73 Å². The summed E-state index contributed by atoms with van der Waals surface area (Å²) < 4.78 is 14.0. The Bertz CT molecular complexity index is 615. The number of aryl methyl sites for hydroxylation is 1. The van der Waals surface area contributed by atoms with Crippen molar-refractivity contribution in [1.29, 1.82) is 5.41 Å². The van der Waals surface area contributed by atoms with Crippen LogP contribution in [0.1, 0.15) is 16.8 Å². The maximum absolute atomic E-state index is 14.0. The molecule has 0 amide bonds. The fourth-order valence-electron chi connectivity index (χ4n) is 1.54. The second-order valence-corrected chi connectivity index (χ2v) is 4.90. The zero-order valence-electron chi connectivity index (χ0n) is 10.4. The predicted molar refractivity (Wildman–Crippen MR) is 73.7 cm³/mol. The number of halogens is 1. The first kappa shape index (κ1) is 13.5. The molecule has 0 radical (unpaired) electrons. The zero-order chi connectivity index (χ0) is 13.8. The summed E-state index contributed by atoms with van der Waals surface area (Å²) in [5.41, 5.74) is 6.81. The van der Waals surface area contributed by atoms with Crippen LogP contribution in [-0.4, -0.2) is 15.8 Å². The summed E-state index contributed by atoms with van der Waals surface area (Å²) in [6.07, 6.45) is 1.67. The second-order valence-electron chi connectivity index (χ2n) is 3.96. The molecule has 0 aliphatic heterocycles. The molecule has 0 saturated carbocycles. The molecule has 0 unspecified atom stereocenters. The van der Waals surface area contributed by atoms with Gasteiger partial charge in [-0.05, 0) is 24.6 Å². The van der Waals surface area contributed by atoms with Gasteiger partial charge < -0.3 is 5.73 Å². The number of aromatic nitrogens is 2. The van der Waals surface area contributed by atoms with Crippen molar-refractivity contribution in [2.75, 3.05) is 0 Å². The Morgan fingerprint density at radius 1 is 1.42 bits per heavy atom. The first-order valence-electron chi connectivity index (χ1n) is 5.62. The minimum atomic E-state index is -0.449. The number of thioether (sulfide) groups is 1. The fourth-order valence-corrected chi connectivity index (χ4v) is 2.39. The smallest absolute Gasteiger partial charge is 0.188 e. The van der Waals surface area contributed by atoms with Gasteiger partial charge in [-0.1, -0.05) is 23.9 Å². The van der Waals surface area contributed by atoms with E-state index in [0.29, 0.717) is 16.5 Å². The SMILES string of the molecule is Cc1ccnc(SCc2cccc(C(=N)N)c2F)n1. The van der Waals surface area contributed by atoms with E-state index in [2.05, 4.69) is 9.97 Å². The molecule has 1 heterocycles. The number of nitrogen functional groups attached to an aromatic ring is 1. The van der Waals surface area contributed by atoms with E-state index in [-0.39, 0.29) is 11.4 Å². The molecule has 19 heavy (non-hydrogen) atoms. The third kappa shape index (κ3) is 3.29. The van der Waals surface area contributed by atoms with Crippen LogP contribution in [0.2, 0.25) is 0 Å². The van der Waals surface area contributed by atoms with Crippen LogP contribution in [0.5, 0.6) is 0 Å². The first-order valence-corrected chi connectivity index (χ1v) is 6.60. The maximum atomic E-state index is 14.0. The van der Waals surface area contributed by atoms with Crippen LogP contribution in [-0.2, 0) is 5.75 Å². The average Bonchev–Trinajstić information content (AvgIpc) is 2.37. The van der Waals surface area contributed by atoms with Gasteiger partial charge in [0.05, 0.1) is 5.56 Å².